The number of carboxylic acids is 1. The van der Waals surface area contributed by atoms with Crippen molar-refractivity contribution in [1.29, 1.82) is 0 Å². The molecule has 0 aliphatic rings. The van der Waals surface area contributed by atoms with Gasteiger partial charge in [-0.3, -0.25) is 0 Å². The minimum Gasteiger partial charge on any atom is -0.478 e. The minimum absolute atomic E-state index is 0.0323. The lowest BCUT2D eigenvalue weighted by Gasteiger charge is -2.03. The molecule has 0 aliphatic carbocycles. The molecule has 0 aliphatic heterocycles. The molecule has 0 atom stereocenters. The van der Waals surface area contributed by atoms with E-state index in [1.165, 1.54) is 24.3 Å². The third-order valence-electron chi connectivity index (χ3n) is 2.24. The third-order valence-corrected chi connectivity index (χ3v) is 2.24. The summed E-state index contributed by atoms with van der Waals surface area (Å²) in [4.78, 5) is 14.1. The van der Waals surface area contributed by atoms with Crippen LogP contribution in [0.5, 0.6) is 0 Å². The van der Waals surface area contributed by atoms with Gasteiger partial charge in [0.1, 0.15) is 5.82 Å². The monoisotopic (exact) mass is 235 g/mol. The fraction of sp³-hybridized carbons (Fsp3) is 0. The first-order chi connectivity index (χ1) is 8.08. The van der Waals surface area contributed by atoms with Gasteiger partial charge in [-0.1, -0.05) is 12.1 Å². The Labute approximate surface area is 95.4 Å². The molecular formula is C12H7F2NO2. The quantitative estimate of drug-likeness (QED) is 0.814. The van der Waals surface area contributed by atoms with Gasteiger partial charge in [0, 0.05) is 11.8 Å². The van der Waals surface area contributed by atoms with Crippen molar-refractivity contribution < 1.29 is 18.7 Å². The summed E-state index contributed by atoms with van der Waals surface area (Å²) in [5, 5.41) is 8.77. The highest BCUT2D eigenvalue weighted by Gasteiger charge is 2.11. The molecule has 5 heteroatoms. The Balaban J connectivity index is 2.54. The first-order valence-electron chi connectivity index (χ1n) is 4.72. The van der Waals surface area contributed by atoms with E-state index in [-0.39, 0.29) is 11.1 Å². The van der Waals surface area contributed by atoms with Crippen LogP contribution >= 0.6 is 0 Å². The Kier molecular flexibility index (Phi) is 2.82. The van der Waals surface area contributed by atoms with Crippen molar-refractivity contribution in [3.05, 3.63) is 53.9 Å². The van der Waals surface area contributed by atoms with E-state index in [1.54, 1.807) is 0 Å². The summed E-state index contributed by atoms with van der Waals surface area (Å²) >= 11 is 0. The van der Waals surface area contributed by atoms with E-state index >= 15 is 0 Å². The highest BCUT2D eigenvalue weighted by molar-refractivity contribution is 5.88. The molecule has 2 aromatic rings. The normalized spacial score (nSPS) is 10.2. The van der Waals surface area contributed by atoms with Crippen LogP contribution in [0.3, 0.4) is 0 Å². The molecule has 1 N–H and O–H groups in total. The van der Waals surface area contributed by atoms with E-state index in [1.807, 2.05) is 0 Å². The number of carboxylic acid groups (broad SMARTS) is 1. The molecule has 0 radical (unpaired) electrons. The lowest BCUT2D eigenvalue weighted by Crippen LogP contribution is -2.00. The number of aromatic carboxylic acids is 1. The second kappa shape index (κ2) is 4.29. The zero-order valence-electron chi connectivity index (χ0n) is 8.52. The highest BCUT2D eigenvalue weighted by atomic mass is 19.1. The van der Waals surface area contributed by atoms with Crippen molar-refractivity contribution in [2.45, 2.75) is 0 Å². The zero-order valence-corrected chi connectivity index (χ0v) is 8.52. The molecule has 1 aromatic heterocycles. The predicted octanol–water partition coefficient (Wildman–Crippen LogP) is 2.73. The number of nitrogens with zero attached hydrogens (tertiary/aromatic N) is 1. The second-order valence-corrected chi connectivity index (χ2v) is 3.37. The maximum atomic E-state index is 13.4. The van der Waals surface area contributed by atoms with Crippen LogP contribution in [0, 0.1) is 11.8 Å². The average Bonchev–Trinajstić information content (AvgIpc) is 2.31. The highest BCUT2D eigenvalue weighted by Crippen LogP contribution is 2.22. The van der Waals surface area contributed by atoms with Crippen molar-refractivity contribution >= 4 is 5.97 Å². The summed E-state index contributed by atoms with van der Waals surface area (Å²) in [6, 6.07) is 6.23. The largest absolute Gasteiger partial charge is 0.478 e. The molecular weight excluding hydrogens is 228 g/mol. The van der Waals surface area contributed by atoms with E-state index in [2.05, 4.69) is 4.98 Å². The van der Waals surface area contributed by atoms with Crippen molar-refractivity contribution in [2.75, 3.05) is 0 Å². The summed E-state index contributed by atoms with van der Waals surface area (Å²) in [6.07, 6.45) is 0.935. The van der Waals surface area contributed by atoms with Gasteiger partial charge in [-0.2, -0.15) is 4.39 Å². The van der Waals surface area contributed by atoms with Gasteiger partial charge in [-0.25, -0.2) is 14.2 Å². The lowest BCUT2D eigenvalue weighted by atomic mass is 10.1. The second-order valence-electron chi connectivity index (χ2n) is 3.37. The number of pyridine rings is 1. The fourth-order valence-electron chi connectivity index (χ4n) is 1.40. The number of halogens is 2. The number of benzene rings is 1. The number of aromatic nitrogens is 1. The molecule has 17 heavy (non-hydrogen) atoms. The number of hydrogen-bond donors (Lipinski definition) is 1. The lowest BCUT2D eigenvalue weighted by molar-refractivity contribution is 0.0696. The Morgan fingerprint density at radius 3 is 2.41 bits per heavy atom. The Morgan fingerprint density at radius 2 is 1.82 bits per heavy atom. The van der Waals surface area contributed by atoms with Gasteiger partial charge >= 0.3 is 5.97 Å². The SMILES string of the molecule is O=C(O)c1cnc(F)c(-c2ccc(F)cc2)c1. The van der Waals surface area contributed by atoms with Crippen LogP contribution in [0.1, 0.15) is 10.4 Å². The average molecular weight is 235 g/mol. The van der Waals surface area contributed by atoms with E-state index in [0.29, 0.717) is 5.56 Å². The van der Waals surface area contributed by atoms with Gasteiger partial charge in [-0.05, 0) is 23.8 Å². The molecule has 2 rings (SSSR count). The number of carbonyl (C=O) groups is 1. The molecule has 1 aromatic carbocycles. The molecule has 1 heterocycles. The smallest absolute Gasteiger partial charge is 0.337 e. The van der Waals surface area contributed by atoms with E-state index < -0.39 is 17.7 Å². The summed E-state index contributed by atoms with van der Waals surface area (Å²) in [5.74, 6) is -2.43. The Bertz CT molecular complexity index is 567. The van der Waals surface area contributed by atoms with Crippen LogP contribution in [0.4, 0.5) is 8.78 Å². The van der Waals surface area contributed by atoms with Crippen LogP contribution in [-0.4, -0.2) is 16.1 Å². The molecule has 0 spiro atoms. The molecule has 0 saturated heterocycles. The minimum atomic E-state index is -1.19. The molecule has 0 unspecified atom stereocenters. The summed E-state index contributed by atoms with van der Waals surface area (Å²) in [6.45, 7) is 0. The number of hydrogen-bond acceptors (Lipinski definition) is 2. The maximum absolute atomic E-state index is 13.4. The van der Waals surface area contributed by atoms with Crippen molar-refractivity contribution in [1.82, 2.24) is 4.98 Å². The maximum Gasteiger partial charge on any atom is 0.337 e. The molecule has 0 saturated carbocycles. The van der Waals surface area contributed by atoms with Crippen molar-refractivity contribution in [3.8, 4) is 11.1 Å². The van der Waals surface area contributed by atoms with Crippen LogP contribution in [0.25, 0.3) is 11.1 Å². The van der Waals surface area contributed by atoms with Gasteiger partial charge in [0.15, 0.2) is 0 Å². The summed E-state index contributed by atoms with van der Waals surface area (Å²) < 4.78 is 26.1. The third kappa shape index (κ3) is 2.28. The van der Waals surface area contributed by atoms with Gasteiger partial charge in [0.05, 0.1) is 5.56 Å². The van der Waals surface area contributed by atoms with Crippen LogP contribution < -0.4 is 0 Å². The van der Waals surface area contributed by atoms with Crippen molar-refractivity contribution in [2.24, 2.45) is 0 Å². The molecule has 86 valence electrons. The molecule has 3 nitrogen and oxygen atoms in total. The van der Waals surface area contributed by atoms with Gasteiger partial charge in [0.2, 0.25) is 5.95 Å². The first-order valence-corrected chi connectivity index (χ1v) is 4.72. The van der Waals surface area contributed by atoms with Crippen molar-refractivity contribution in [3.63, 3.8) is 0 Å². The standard InChI is InChI=1S/C12H7F2NO2/c13-9-3-1-7(2-4-9)10-5-8(12(16)17)6-15-11(10)14/h1-6H,(H,16,17). The Morgan fingerprint density at radius 1 is 1.18 bits per heavy atom. The van der Waals surface area contributed by atoms with E-state index in [9.17, 15) is 13.6 Å². The van der Waals surface area contributed by atoms with Gasteiger partial charge in [0.25, 0.3) is 0 Å². The van der Waals surface area contributed by atoms with E-state index in [4.69, 9.17) is 5.11 Å². The summed E-state index contributed by atoms with van der Waals surface area (Å²) in [5.41, 5.74) is 0.287. The Hall–Kier alpha value is -2.30. The van der Waals surface area contributed by atoms with Gasteiger partial charge < -0.3 is 5.11 Å². The topological polar surface area (TPSA) is 50.2 Å². The zero-order chi connectivity index (χ0) is 12.4. The molecule has 0 fully saturated rings. The molecule has 0 amide bonds. The first kappa shape index (κ1) is 11.2. The fourth-order valence-corrected chi connectivity index (χ4v) is 1.40. The van der Waals surface area contributed by atoms with Crippen LogP contribution in [0.15, 0.2) is 36.5 Å². The number of rotatable bonds is 2. The summed E-state index contributed by atoms with van der Waals surface area (Å²) in [7, 11) is 0. The van der Waals surface area contributed by atoms with Gasteiger partial charge in [-0.15, -0.1) is 0 Å². The van der Waals surface area contributed by atoms with Crippen LogP contribution in [-0.2, 0) is 0 Å². The molecule has 0 bridgehead atoms. The van der Waals surface area contributed by atoms with Crippen LogP contribution in [0.2, 0.25) is 0 Å². The van der Waals surface area contributed by atoms with E-state index in [0.717, 1.165) is 12.3 Å². The predicted molar refractivity (Wildman–Crippen MR) is 56.5 cm³/mol.